The van der Waals surface area contributed by atoms with E-state index in [0.717, 1.165) is 0 Å². The molecule has 31 heavy (non-hydrogen) atoms. The highest BCUT2D eigenvalue weighted by atomic mass is 28.4. The monoisotopic (exact) mass is 439 g/mol. The summed E-state index contributed by atoms with van der Waals surface area (Å²) in [6.45, 7) is 7.88. The van der Waals surface area contributed by atoms with Crippen LogP contribution in [0, 0.1) is 0 Å². The van der Waals surface area contributed by atoms with Crippen molar-refractivity contribution in [1.29, 1.82) is 0 Å². The Balaban J connectivity index is 1.77. The minimum atomic E-state index is -2.70. The third kappa shape index (κ3) is 3.65. The Labute approximate surface area is 186 Å². The maximum absolute atomic E-state index is 12.8. The Morgan fingerprint density at radius 1 is 1.00 bits per heavy atom. The number of rotatable bonds is 5. The van der Waals surface area contributed by atoms with Crippen molar-refractivity contribution in [3.63, 3.8) is 0 Å². The molecule has 0 spiro atoms. The van der Waals surface area contributed by atoms with Gasteiger partial charge in [0.25, 0.3) is 8.32 Å². The molecule has 2 saturated heterocycles. The van der Waals surface area contributed by atoms with Crippen molar-refractivity contribution in [2.75, 3.05) is 20.2 Å². The number of β-amino-alcohol motifs (C(OH)–C–C–N with tert-alkyl or cyclic N) is 1. The van der Waals surface area contributed by atoms with E-state index < -0.39 is 20.0 Å². The average Bonchev–Trinajstić information content (AvgIpc) is 3.24. The molecule has 0 aliphatic carbocycles. The van der Waals surface area contributed by atoms with Crippen molar-refractivity contribution in [3.05, 3.63) is 60.7 Å². The molecule has 2 aliphatic rings. The number of fused-ring (bicyclic) bond motifs is 1. The summed E-state index contributed by atoms with van der Waals surface area (Å²) >= 11 is 0. The van der Waals surface area contributed by atoms with Crippen LogP contribution in [-0.2, 0) is 14.0 Å². The molecule has 6 heteroatoms. The second kappa shape index (κ2) is 8.17. The molecule has 2 aromatic rings. The number of ether oxygens (including phenoxy) is 1. The molecule has 0 aromatic heterocycles. The molecule has 2 aliphatic heterocycles. The third-order valence-corrected chi connectivity index (χ3v) is 12.0. The summed E-state index contributed by atoms with van der Waals surface area (Å²) in [4.78, 5) is 14.9. The van der Waals surface area contributed by atoms with Crippen LogP contribution in [-0.4, -0.2) is 62.2 Å². The van der Waals surface area contributed by atoms with Gasteiger partial charge < -0.3 is 14.3 Å². The quantitative estimate of drug-likeness (QED) is 0.572. The summed E-state index contributed by atoms with van der Waals surface area (Å²) in [7, 11) is -1.27. The molecule has 0 unspecified atom stereocenters. The summed E-state index contributed by atoms with van der Waals surface area (Å²) < 4.78 is 12.4. The first kappa shape index (κ1) is 22.2. The van der Waals surface area contributed by atoms with Crippen molar-refractivity contribution < 1.29 is 19.1 Å². The molecule has 5 nitrogen and oxygen atoms in total. The Morgan fingerprint density at radius 3 is 2.03 bits per heavy atom. The van der Waals surface area contributed by atoms with Gasteiger partial charge in [-0.25, -0.2) is 0 Å². The summed E-state index contributed by atoms with van der Waals surface area (Å²) in [5.41, 5.74) is -0.787. The number of carbonyl (C=O) groups excluding carboxylic acids is 1. The molecular weight excluding hydrogens is 406 g/mol. The Morgan fingerprint density at radius 2 is 1.55 bits per heavy atom. The van der Waals surface area contributed by atoms with Crippen LogP contribution in [0.2, 0.25) is 5.04 Å². The lowest BCUT2D eigenvalue weighted by atomic mass is 9.93. The standard InChI is InChI=1S/C25H33NO4Si/c1-24(2,3)31(21-11-7-5-8-12-21,22-13-9-6-10-14-22)30-20-16-25(23(28)29-4)15-19(27)17-26(25)18-20/h5-14,19-20,27H,15-18H2,1-4H3/t19-,20+,25-/m1/s1. The molecule has 0 saturated carbocycles. The normalized spacial score (nSPS) is 26.6. The van der Waals surface area contributed by atoms with Crippen molar-refractivity contribution >= 4 is 24.7 Å². The SMILES string of the molecule is COC(=O)[C@]12C[C@@H](O)CN1C[C@@H](O[Si](c1ccccc1)(c1ccccc1)C(C)(C)C)C2. The van der Waals surface area contributed by atoms with E-state index in [9.17, 15) is 9.90 Å². The van der Waals surface area contributed by atoms with Gasteiger partial charge >= 0.3 is 5.97 Å². The van der Waals surface area contributed by atoms with Crippen LogP contribution in [0.5, 0.6) is 0 Å². The fourth-order valence-electron chi connectivity index (χ4n) is 5.67. The van der Waals surface area contributed by atoms with E-state index in [4.69, 9.17) is 9.16 Å². The second-order valence-electron chi connectivity index (χ2n) is 9.89. The number of esters is 1. The van der Waals surface area contributed by atoms with Gasteiger partial charge in [0.15, 0.2) is 0 Å². The van der Waals surface area contributed by atoms with Crippen LogP contribution in [0.1, 0.15) is 33.6 Å². The second-order valence-corrected chi connectivity index (χ2v) is 14.1. The number of hydrogen-bond donors (Lipinski definition) is 1. The van der Waals surface area contributed by atoms with Crippen LogP contribution >= 0.6 is 0 Å². The van der Waals surface area contributed by atoms with Gasteiger partial charge in [0.2, 0.25) is 0 Å². The molecule has 4 rings (SSSR count). The molecule has 0 bridgehead atoms. The number of aliphatic hydroxyl groups excluding tert-OH is 1. The van der Waals surface area contributed by atoms with Crippen molar-refractivity contribution in [1.82, 2.24) is 4.90 Å². The maximum Gasteiger partial charge on any atom is 0.326 e. The van der Waals surface area contributed by atoms with Crippen molar-refractivity contribution in [2.24, 2.45) is 0 Å². The van der Waals surface area contributed by atoms with E-state index in [1.165, 1.54) is 17.5 Å². The zero-order valence-electron chi connectivity index (χ0n) is 18.9. The summed E-state index contributed by atoms with van der Waals surface area (Å²) in [6, 6.07) is 21.1. The predicted molar refractivity (Wildman–Crippen MR) is 124 cm³/mol. The first-order valence-electron chi connectivity index (χ1n) is 11.0. The smallest absolute Gasteiger partial charge is 0.326 e. The minimum absolute atomic E-state index is 0.113. The third-order valence-electron chi connectivity index (χ3n) is 6.92. The number of methoxy groups -OCH3 is 1. The zero-order chi connectivity index (χ0) is 22.3. The Bertz CT molecular complexity index is 875. The molecule has 2 heterocycles. The molecule has 2 aromatic carbocycles. The summed E-state index contributed by atoms with van der Waals surface area (Å²) in [6.07, 6.45) is 0.326. The van der Waals surface area contributed by atoms with Crippen molar-refractivity contribution in [2.45, 2.75) is 56.4 Å². The van der Waals surface area contributed by atoms with Gasteiger partial charge in [0.05, 0.1) is 19.3 Å². The first-order valence-corrected chi connectivity index (χ1v) is 12.9. The number of nitrogens with zero attached hydrogens (tertiary/aromatic N) is 1. The highest BCUT2D eigenvalue weighted by Gasteiger charge is 2.60. The molecule has 1 N–H and O–H groups in total. The molecule has 3 atom stereocenters. The van der Waals surface area contributed by atoms with Crippen LogP contribution < -0.4 is 10.4 Å². The van der Waals surface area contributed by atoms with Gasteiger partial charge in [-0.05, 0) is 15.4 Å². The predicted octanol–water partition coefficient (Wildman–Crippen LogP) is 2.31. The van der Waals surface area contributed by atoms with Gasteiger partial charge in [0.1, 0.15) is 5.54 Å². The Kier molecular flexibility index (Phi) is 5.85. The molecule has 2 fully saturated rings. The minimum Gasteiger partial charge on any atom is -0.468 e. The largest absolute Gasteiger partial charge is 0.468 e. The number of carbonyl (C=O) groups is 1. The first-order chi connectivity index (χ1) is 14.7. The van der Waals surface area contributed by atoms with Gasteiger partial charge in [-0.1, -0.05) is 81.4 Å². The number of benzene rings is 2. The molecule has 166 valence electrons. The van der Waals surface area contributed by atoms with Gasteiger partial charge in [-0.15, -0.1) is 0 Å². The molecule has 0 radical (unpaired) electrons. The fourth-order valence-corrected chi connectivity index (χ4v) is 10.3. The van der Waals surface area contributed by atoms with E-state index in [0.29, 0.717) is 25.9 Å². The fraction of sp³-hybridized carbons (Fsp3) is 0.480. The highest BCUT2D eigenvalue weighted by Crippen LogP contribution is 2.44. The van der Waals surface area contributed by atoms with E-state index in [-0.39, 0.29) is 17.1 Å². The molecule has 0 amide bonds. The van der Waals surface area contributed by atoms with Gasteiger partial charge in [-0.3, -0.25) is 9.69 Å². The number of hydrogen-bond acceptors (Lipinski definition) is 5. The van der Waals surface area contributed by atoms with Crippen LogP contribution in [0.3, 0.4) is 0 Å². The lowest BCUT2D eigenvalue weighted by Crippen LogP contribution is -2.68. The van der Waals surface area contributed by atoms with E-state index in [1.807, 2.05) is 12.1 Å². The highest BCUT2D eigenvalue weighted by molar-refractivity contribution is 6.99. The van der Waals surface area contributed by atoms with E-state index >= 15 is 0 Å². The lowest BCUT2D eigenvalue weighted by molar-refractivity contribution is -0.152. The van der Waals surface area contributed by atoms with Gasteiger partial charge in [0, 0.05) is 25.9 Å². The Hall–Kier alpha value is -1.99. The van der Waals surface area contributed by atoms with Crippen LogP contribution in [0.4, 0.5) is 0 Å². The van der Waals surface area contributed by atoms with Crippen LogP contribution in [0.15, 0.2) is 60.7 Å². The summed E-state index contributed by atoms with van der Waals surface area (Å²) in [5.74, 6) is -0.266. The molecular formula is C25H33NO4Si. The van der Waals surface area contributed by atoms with Crippen molar-refractivity contribution in [3.8, 4) is 0 Å². The maximum atomic E-state index is 12.8. The summed E-state index contributed by atoms with van der Waals surface area (Å²) in [5, 5.41) is 12.6. The topological polar surface area (TPSA) is 59.0 Å². The van der Waals surface area contributed by atoms with E-state index in [2.05, 4.69) is 74.2 Å². The lowest BCUT2D eigenvalue weighted by Gasteiger charge is -2.44. The average molecular weight is 440 g/mol. The van der Waals surface area contributed by atoms with Crippen LogP contribution in [0.25, 0.3) is 0 Å². The number of aliphatic hydroxyl groups is 1. The van der Waals surface area contributed by atoms with E-state index in [1.54, 1.807) is 0 Å². The zero-order valence-corrected chi connectivity index (χ0v) is 19.9. The van der Waals surface area contributed by atoms with Gasteiger partial charge in [-0.2, -0.15) is 0 Å².